The van der Waals surface area contributed by atoms with Crippen LogP contribution in [0.1, 0.15) is 63.0 Å². The molecule has 0 aliphatic rings. The van der Waals surface area contributed by atoms with Gasteiger partial charge in [-0.3, -0.25) is 12.4 Å². The van der Waals surface area contributed by atoms with Gasteiger partial charge in [-0.15, -0.1) is 0 Å². The Morgan fingerprint density at radius 1 is 1.00 bits per heavy atom. The number of ether oxygens (including phenoxy) is 1. The summed E-state index contributed by atoms with van der Waals surface area (Å²) in [5.41, 5.74) is 2.96. The van der Waals surface area contributed by atoms with E-state index in [2.05, 4.69) is 75.8 Å². The number of hydrogen-bond acceptors (Lipinski definition) is 3. The van der Waals surface area contributed by atoms with E-state index in [0.29, 0.717) is 16.8 Å². The predicted molar refractivity (Wildman–Crippen MR) is 136 cm³/mol. The molecule has 0 bridgehead atoms. The first kappa shape index (κ1) is 23.3. The van der Waals surface area contributed by atoms with E-state index >= 15 is 0 Å². The van der Waals surface area contributed by atoms with Crippen molar-refractivity contribution < 1.29 is 9.53 Å². The number of hydrogen-bond donors (Lipinski definition) is 1. The summed E-state index contributed by atoms with van der Waals surface area (Å²) in [4.78, 5) is 26.2. The molecule has 3 rings (SSSR count). The number of para-hydroxylation sites is 1. The summed E-state index contributed by atoms with van der Waals surface area (Å²) in [5, 5.41) is 3.50. The highest BCUT2D eigenvalue weighted by atomic mass is 127. The third kappa shape index (κ3) is 4.63. The monoisotopic (exact) mass is 532 g/mol. The van der Waals surface area contributed by atoms with Crippen LogP contribution in [0.4, 0.5) is 5.69 Å². The molecule has 2 aromatic carbocycles. The van der Waals surface area contributed by atoms with Gasteiger partial charge in [0.05, 0.1) is 35.5 Å². The molecule has 1 amide bonds. The highest BCUT2D eigenvalue weighted by Gasteiger charge is 2.27. The van der Waals surface area contributed by atoms with Gasteiger partial charge in [0.2, 0.25) is 5.43 Å². The molecule has 31 heavy (non-hydrogen) atoms. The Kier molecular flexibility index (Phi) is 6.24. The zero-order valence-corrected chi connectivity index (χ0v) is 21.2. The Morgan fingerprint density at radius 3 is 2.19 bits per heavy atom. The topological polar surface area (TPSA) is 60.3 Å². The number of fused-ring (bicyclic) bond motifs is 1. The van der Waals surface area contributed by atoms with E-state index in [1.165, 1.54) is 0 Å². The van der Waals surface area contributed by atoms with Crippen LogP contribution in [0.15, 0.2) is 47.4 Å². The molecule has 1 heterocycles. The molecule has 1 aromatic heterocycles. The van der Waals surface area contributed by atoms with Crippen molar-refractivity contribution in [1.29, 1.82) is 0 Å². The van der Waals surface area contributed by atoms with E-state index in [1.54, 1.807) is 28.2 Å². The van der Waals surface area contributed by atoms with Gasteiger partial charge in [-0.1, -0.05) is 53.7 Å². The van der Waals surface area contributed by atoms with Crippen molar-refractivity contribution in [1.82, 2.24) is 2.78 Å². The van der Waals surface area contributed by atoms with E-state index in [-0.39, 0.29) is 21.8 Å². The Hall–Kier alpha value is -2.35. The fourth-order valence-corrected chi connectivity index (χ4v) is 4.35. The number of rotatable bonds is 3. The maximum atomic E-state index is 13.2. The molecule has 0 atom stereocenters. The normalized spacial score (nSPS) is 12.1. The Balaban J connectivity index is 2.14. The van der Waals surface area contributed by atoms with Crippen LogP contribution in [0.2, 0.25) is 0 Å². The van der Waals surface area contributed by atoms with Gasteiger partial charge in [-0.25, -0.2) is 0 Å². The lowest BCUT2D eigenvalue weighted by Crippen LogP contribution is -2.25. The second kappa shape index (κ2) is 8.30. The lowest BCUT2D eigenvalue weighted by molar-refractivity contribution is 0.102. The summed E-state index contributed by atoms with van der Waals surface area (Å²) in [7, 11) is 1.63. The smallest absolute Gasteiger partial charge is 0.261 e. The van der Waals surface area contributed by atoms with E-state index < -0.39 is 5.91 Å². The average molecular weight is 532 g/mol. The van der Waals surface area contributed by atoms with Crippen LogP contribution in [0.5, 0.6) is 5.75 Å². The molecule has 0 aliphatic carbocycles. The number of methoxy groups -OCH3 is 1. The molecular weight excluding hydrogens is 503 g/mol. The number of carbonyl (C=O) groups excluding carboxylic acids is 1. The fraction of sp³-hybridized carbons (Fsp3) is 0.360. The summed E-state index contributed by atoms with van der Waals surface area (Å²) >= 11 is 2.09. The summed E-state index contributed by atoms with van der Waals surface area (Å²) in [6, 6.07) is 11.2. The van der Waals surface area contributed by atoms with Gasteiger partial charge in [-0.05, 0) is 40.2 Å². The first-order valence-electron chi connectivity index (χ1n) is 10.2. The number of pyridine rings is 1. The molecule has 0 spiro atoms. The van der Waals surface area contributed by atoms with Crippen LogP contribution in [0.25, 0.3) is 10.9 Å². The molecule has 1 N–H and O–H groups in total. The van der Waals surface area contributed by atoms with Crippen molar-refractivity contribution in [2.75, 3.05) is 12.4 Å². The Morgan fingerprint density at radius 2 is 1.61 bits per heavy atom. The van der Waals surface area contributed by atoms with Gasteiger partial charge >= 0.3 is 0 Å². The number of halogens is 1. The van der Waals surface area contributed by atoms with E-state index in [1.807, 2.05) is 18.2 Å². The number of nitrogens with one attached hydrogen (secondary N) is 1. The Bertz CT molecular complexity index is 1210. The zero-order valence-electron chi connectivity index (χ0n) is 19.1. The summed E-state index contributed by atoms with van der Waals surface area (Å²) in [5.74, 6) is 0.276. The van der Waals surface area contributed by atoms with Crippen molar-refractivity contribution in [3.8, 4) is 5.75 Å². The summed E-state index contributed by atoms with van der Waals surface area (Å²) in [6.45, 7) is 12.7. The molecular formula is C25H29IN2O3. The number of aromatic nitrogens is 1. The number of carbonyl (C=O) groups is 1. The van der Waals surface area contributed by atoms with Crippen LogP contribution in [0, 0.1) is 0 Å². The largest absolute Gasteiger partial charge is 0.496 e. The third-order valence-electron chi connectivity index (χ3n) is 5.31. The molecule has 0 aliphatic heterocycles. The van der Waals surface area contributed by atoms with Crippen molar-refractivity contribution in [2.45, 2.75) is 52.4 Å². The van der Waals surface area contributed by atoms with Gasteiger partial charge in [0.25, 0.3) is 5.91 Å². The van der Waals surface area contributed by atoms with Crippen LogP contribution in [-0.2, 0) is 10.8 Å². The second-order valence-corrected chi connectivity index (χ2v) is 10.8. The fourth-order valence-electron chi connectivity index (χ4n) is 3.65. The van der Waals surface area contributed by atoms with Gasteiger partial charge in [0.1, 0.15) is 11.3 Å². The highest BCUT2D eigenvalue weighted by Crippen LogP contribution is 2.40. The zero-order chi connectivity index (χ0) is 23.1. The van der Waals surface area contributed by atoms with Gasteiger partial charge in [-0.2, -0.15) is 0 Å². The number of amides is 1. The van der Waals surface area contributed by atoms with Gasteiger partial charge < -0.3 is 10.1 Å². The lowest BCUT2D eigenvalue weighted by atomic mass is 9.79. The minimum Gasteiger partial charge on any atom is -0.496 e. The number of benzene rings is 2. The number of anilines is 1. The van der Waals surface area contributed by atoms with Crippen LogP contribution in [-0.4, -0.2) is 15.8 Å². The molecule has 6 heteroatoms. The minimum absolute atomic E-state index is 0.104. The molecule has 0 saturated carbocycles. The predicted octanol–water partition coefficient (Wildman–Crippen LogP) is 6.06. The molecule has 5 nitrogen and oxygen atoms in total. The van der Waals surface area contributed by atoms with E-state index in [0.717, 1.165) is 16.6 Å². The minimum atomic E-state index is -0.433. The average Bonchev–Trinajstić information content (AvgIpc) is 2.68. The van der Waals surface area contributed by atoms with Gasteiger partial charge in [0.15, 0.2) is 0 Å². The first-order valence-corrected chi connectivity index (χ1v) is 11.2. The summed E-state index contributed by atoms with van der Waals surface area (Å²) < 4.78 is 7.42. The SMILES string of the molecule is COc1cc(NC(=O)c2cn(I)c3ccccc3c2=O)c(C(C)(C)C)cc1C(C)(C)C. The standard InChI is InChI=1S/C25H29IN2O3/c1-24(2,3)17-12-18(25(4,5)6)21(31-7)13-19(17)27-23(30)16-14-28(26)20-11-9-8-10-15(20)22(16)29/h8-14H,1-7H3,(H,27,30). The molecule has 0 radical (unpaired) electrons. The molecule has 3 aromatic rings. The van der Waals surface area contributed by atoms with Crippen molar-refractivity contribution >= 4 is 45.4 Å². The maximum absolute atomic E-state index is 13.2. The molecule has 0 saturated heterocycles. The van der Waals surface area contributed by atoms with E-state index in [4.69, 9.17) is 4.74 Å². The molecule has 0 unspecified atom stereocenters. The van der Waals surface area contributed by atoms with Crippen molar-refractivity contribution in [3.05, 3.63) is 69.5 Å². The highest BCUT2D eigenvalue weighted by molar-refractivity contribution is 14.1. The first-order chi connectivity index (χ1) is 14.3. The van der Waals surface area contributed by atoms with Crippen molar-refractivity contribution in [3.63, 3.8) is 0 Å². The Labute approximate surface area is 197 Å². The van der Waals surface area contributed by atoms with E-state index in [9.17, 15) is 9.59 Å². The molecule has 0 fully saturated rings. The van der Waals surface area contributed by atoms with Crippen LogP contribution < -0.4 is 15.5 Å². The van der Waals surface area contributed by atoms with Crippen LogP contribution in [0.3, 0.4) is 0 Å². The van der Waals surface area contributed by atoms with Crippen molar-refractivity contribution in [2.24, 2.45) is 0 Å². The maximum Gasteiger partial charge on any atom is 0.261 e. The molecule has 164 valence electrons. The quantitative estimate of drug-likeness (QED) is 0.418. The second-order valence-electron chi connectivity index (χ2n) is 9.75. The third-order valence-corrected chi connectivity index (χ3v) is 6.11. The lowest BCUT2D eigenvalue weighted by Gasteiger charge is -2.29. The number of nitrogens with zero attached hydrogens (tertiary/aromatic N) is 1. The van der Waals surface area contributed by atoms with Crippen LogP contribution >= 0.6 is 22.9 Å². The summed E-state index contributed by atoms with van der Waals surface area (Å²) in [6.07, 6.45) is 1.58. The van der Waals surface area contributed by atoms with Gasteiger partial charge in [0, 0.05) is 23.3 Å².